The molecule has 0 atom stereocenters. The lowest BCUT2D eigenvalue weighted by Gasteiger charge is -2.07. The van der Waals surface area contributed by atoms with Gasteiger partial charge >= 0.3 is 5.97 Å². The van der Waals surface area contributed by atoms with Gasteiger partial charge in [-0.25, -0.2) is 28.3 Å². The highest BCUT2D eigenvalue weighted by atomic mass is 32.2. The standard InChI is InChI=1S/C11H18N4O4S/c1-3-19-10(16)9-7-14-11(15-8(9)2)13-5-4-6-20(12,17)18/h7H,3-6H2,1-2H3,(H2,12,17,18)(H,13,14,15). The number of primary sulfonamides is 1. The van der Waals surface area contributed by atoms with Crippen molar-refractivity contribution < 1.29 is 17.9 Å². The number of ether oxygens (including phenoxy) is 1. The normalized spacial score (nSPS) is 11.2. The van der Waals surface area contributed by atoms with Crippen LogP contribution in [-0.2, 0) is 14.8 Å². The number of aromatic nitrogens is 2. The summed E-state index contributed by atoms with van der Waals surface area (Å²) in [6, 6.07) is 0. The Kier molecular flexibility index (Phi) is 5.83. The zero-order valence-electron chi connectivity index (χ0n) is 11.4. The molecular formula is C11H18N4O4S. The largest absolute Gasteiger partial charge is 0.462 e. The Morgan fingerprint density at radius 1 is 1.50 bits per heavy atom. The molecule has 0 aliphatic rings. The fraction of sp³-hybridized carbons (Fsp3) is 0.545. The van der Waals surface area contributed by atoms with Crippen molar-refractivity contribution in [1.29, 1.82) is 0 Å². The van der Waals surface area contributed by atoms with Crippen LogP contribution in [0, 0.1) is 6.92 Å². The van der Waals surface area contributed by atoms with Gasteiger partial charge in [0.1, 0.15) is 0 Å². The number of carbonyl (C=O) groups is 1. The SMILES string of the molecule is CCOC(=O)c1cnc(NCCCS(N)(=O)=O)nc1C. The predicted octanol–water partition coefficient (Wildman–Crippen LogP) is 0.0522. The lowest BCUT2D eigenvalue weighted by Crippen LogP contribution is -2.19. The average molecular weight is 302 g/mol. The second-order valence-corrected chi connectivity index (χ2v) is 5.79. The van der Waals surface area contributed by atoms with Crippen molar-refractivity contribution in [3.8, 4) is 0 Å². The highest BCUT2D eigenvalue weighted by Gasteiger charge is 2.12. The first-order valence-electron chi connectivity index (χ1n) is 6.08. The molecule has 0 fully saturated rings. The third-order valence-corrected chi connectivity index (χ3v) is 3.22. The molecule has 112 valence electrons. The number of nitrogens with two attached hydrogens (primary N) is 1. The van der Waals surface area contributed by atoms with Gasteiger partial charge in [-0.3, -0.25) is 0 Å². The topological polar surface area (TPSA) is 124 Å². The van der Waals surface area contributed by atoms with Crippen molar-refractivity contribution in [3.63, 3.8) is 0 Å². The molecule has 8 nitrogen and oxygen atoms in total. The smallest absolute Gasteiger partial charge is 0.341 e. The summed E-state index contributed by atoms with van der Waals surface area (Å²) in [4.78, 5) is 19.6. The van der Waals surface area contributed by atoms with Crippen LogP contribution < -0.4 is 10.5 Å². The van der Waals surface area contributed by atoms with Gasteiger partial charge in [-0.1, -0.05) is 0 Å². The molecule has 3 N–H and O–H groups in total. The molecule has 1 aromatic heterocycles. The predicted molar refractivity (Wildman–Crippen MR) is 73.8 cm³/mol. The third kappa shape index (κ3) is 5.49. The zero-order valence-corrected chi connectivity index (χ0v) is 12.2. The number of esters is 1. The minimum absolute atomic E-state index is 0.111. The summed E-state index contributed by atoms with van der Waals surface area (Å²) in [5, 5.41) is 7.74. The number of carbonyl (C=O) groups excluding carboxylic acids is 1. The Balaban J connectivity index is 2.57. The van der Waals surface area contributed by atoms with Crippen LogP contribution >= 0.6 is 0 Å². The van der Waals surface area contributed by atoms with Gasteiger partial charge in [-0.05, 0) is 20.3 Å². The number of sulfonamides is 1. The maximum atomic E-state index is 11.5. The van der Waals surface area contributed by atoms with Crippen LogP contribution in [0.15, 0.2) is 6.20 Å². The van der Waals surface area contributed by atoms with Crippen molar-refractivity contribution in [2.75, 3.05) is 24.2 Å². The van der Waals surface area contributed by atoms with E-state index < -0.39 is 16.0 Å². The van der Waals surface area contributed by atoms with E-state index in [4.69, 9.17) is 9.88 Å². The fourth-order valence-corrected chi connectivity index (χ4v) is 1.98. The van der Waals surface area contributed by atoms with Crippen LogP contribution in [0.2, 0.25) is 0 Å². The molecule has 0 saturated carbocycles. The summed E-state index contributed by atoms with van der Waals surface area (Å²) in [6.07, 6.45) is 1.73. The van der Waals surface area contributed by atoms with Crippen molar-refractivity contribution in [3.05, 3.63) is 17.5 Å². The number of rotatable bonds is 7. The van der Waals surface area contributed by atoms with Crippen molar-refractivity contribution in [2.45, 2.75) is 20.3 Å². The quantitative estimate of drug-likeness (QED) is 0.538. The highest BCUT2D eigenvalue weighted by molar-refractivity contribution is 7.89. The Bertz CT molecular complexity index is 574. The van der Waals surface area contributed by atoms with Gasteiger partial charge < -0.3 is 10.1 Å². The van der Waals surface area contributed by atoms with E-state index in [0.29, 0.717) is 30.2 Å². The van der Waals surface area contributed by atoms with E-state index >= 15 is 0 Å². The summed E-state index contributed by atoms with van der Waals surface area (Å²) < 4.78 is 26.4. The summed E-state index contributed by atoms with van der Waals surface area (Å²) >= 11 is 0. The molecule has 0 aliphatic heterocycles. The molecule has 1 aromatic rings. The van der Waals surface area contributed by atoms with E-state index in [1.165, 1.54) is 6.20 Å². The number of nitrogens with zero attached hydrogens (tertiary/aromatic N) is 2. The number of aryl methyl sites for hydroxylation is 1. The Morgan fingerprint density at radius 3 is 2.75 bits per heavy atom. The molecule has 0 bridgehead atoms. The molecule has 0 aliphatic carbocycles. The lowest BCUT2D eigenvalue weighted by molar-refractivity contribution is 0.0524. The van der Waals surface area contributed by atoms with Gasteiger partial charge in [0.2, 0.25) is 16.0 Å². The van der Waals surface area contributed by atoms with Gasteiger partial charge in [-0.2, -0.15) is 0 Å². The van der Waals surface area contributed by atoms with Crippen molar-refractivity contribution >= 4 is 21.9 Å². The summed E-state index contributed by atoms with van der Waals surface area (Å²) in [7, 11) is -3.45. The van der Waals surface area contributed by atoms with E-state index in [1.807, 2.05) is 0 Å². The summed E-state index contributed by atoms with van der Waals surface area (Å²) in [5.74, 6) is -0.254. The minimum Gasteiger partial charge on any atom is -0.462 e. The third-order valence-electron chi connectivity index (χ3n) is 2.36. The zero-order chi connectivity index (χ0) is 15.2. The summed E-state index contributed by atoms with van der Waals surface area (Å²) in [5.41, 5.74) is 0.800. The van der Waals surface area contributed by atoms with E-state index in [1.54, 1.807) is 13.8 Å². The van der Waals surface area contributed by atoms with Crippen LogP contribution in [0.4, 0.5) is 5.95 Å². The van der Waals surface area contributed by atoms with Crippen LogP contribution in [0.1, 0.15) is 29.4 Å². The maximum absolute atomic E-state index is 11.5. The van der Waals surface area contributed by atoms with Crippen molar-refractivity contribution in [1.82, 2.24) is 9.97 Å². The van der Waals surface area contributed by atoms with Gasteiger partial charge in [0, 0.05) is 12.7 Å². The van der Waals surface area contributed by atoms with E-state index in [-0.39, 0.29) is 12.4 Å². The molecule has 9 heteroatoms. The number of hydrogen-bond donors (Lipinski definition) is 2. The molecular weight excluding hydrogens is 284 g/mol. The monoisotopic (exact) mass is 302 g/mol. The molecule has 0 spiro atoms. The molecule has 1 rings (SSSR count). The van der Waals surface area contributed by atoms with Crippen LogP contribution in [-0.4, -0.2) is 43.3 Å². The molecule has 0 radical (unpaired) electrons. The molecule has 0 saturated heterocycles. The molecule has 0 unspecified atom stereocenters. The first kappa shape index (κ1) is 16.3. The van der Waals surface area contributed by atoms with Gasteiger partial charge in [0.15, 0.2) is 0 Å². The summed E-state index contributed by atoms with van der Waals surface area (Å²) in [6.45, 7) is 4.04. The highest BCUT2D eigenvalue weighted by Crippen LogP contribution is 2.08. The first-order chi connectivity index (χ1) is 9.33. The van der Waals surface area contributed by atoms with Crippen LogP contribution in [0.3, 0.4) is 0 Å². The number of hydrogen-bond acceptors (Lipinski definition) is 7. The minimum atomic E-state index is -3.45. The molecule has 0 aromatic carbocycles. The molecule has 20 heavy (non-hydrogen) atoms. The maximum Gasteiger partial charge on any atom is 0.341 e. The van der Waals surface area contributed by atoms with Gasteiger partial charge in [0.25, 0.3) is 0 Å². The Labute approximate surface area is 117 Å². The molecule has 1 heterocycles. The number of nitrogens with one attached hydrogen (secondary N) is 1. The lowest BCUT2D eigenvalue weighted by atomic mass is 10.2. The van der Waals surface area contributed by atoms with E-state index in [9.17, 15) is 13.2 Å². The number of anilines is 1. The second-order valence-electron chi connectivity index (χ2n) is 4.06. The van der Waals surface area contributed by atoms with Gasteiger partial charge in [0.05, 0.1) is 23.6 Å². The fourth-order valence-electron chi connectivity index (χ4n) is 1.44. The first-order valence-corrected chi connectivity index (χ1v) is 7.80. The van der Waals surface area contributed by atoms with Crippen LogP contribution in [0.5, 0.6) is 0 Å². The van der Waals surface area contributed by atoms with E-state index in [0.717, 1.165) is 0 Å². The molecule has 0 amide bonds. The average Bonchev–Trinajstić information content (AvgIpc) is 2.34. The van der Waals surface area contributed by atoms with Crippen LogP contribution in [0.25, 0.3) is 0 Å². The van der Waals surface area contributed by atoms with Gasteiger partial charge in [-0.15, -0.1) is 0 Å². The van der Waals surface area contributed by atoms with Crippen molar-refractivity contribution in [2.24, 2.45) is 5.14 Å². The van der Waals surface area contributed by atoms with E-state index in [2.05, 4.69) is 15.3 Å². The second kappa shape index (κ2) is 7.15. The Hall–Kier alpha value is -1.74. The Morgan fingerprint density at radius 2 is 2.20 bits per heavy atom.